The molecule has 100 valence electrons. The van der Waals surface area contributed by atoms with Crippen LogP contribution in [0.4, 0.5) is 10.1 Å². The zero-order valence-corrected chi connectivity index (χ0v) is 12.2. The number of carbonyl (C=O) groups is 2. The maximum absolute atomic E-state index is 14.0. The molecule has 0 N–H and O–H groups in total. The van der Waals surface area contributed by atoms with E-state index in [1.807, 2.05) is 0 Å². The predicted octanol–water partition coefficient (Wildman–Crippen LogP) is 3.18. The monoisotopic (exact) mass is 345 g/mol. The van der Waals surface area contributed by atoms with Crippen molar-refractivity contribution in [3.63, 3.8) is 0 Å². The molecule has 19 heavy (non-hydrogen) atoms. The normalized spacial score (nSPS) is 19.8. The Hall–Kier alpha value is -0.940. The minimum absolute atomic E-state index is 0.00274. The first-order valence-electron chi connectivity index (χ1n) is 5.89. The number of halogens is 3. The molecule has 0 radical (unpaired) electrons. The van der Waals surface area contributed by atoms with E-state index in [2.05, 4.69) is 15.9 Å². The van der Waals surface area contributed by atoms with Crippen LogP contribution in [0.2, 0.25) is 5.02 Å². The number of hydrogen-bond donors (Lipinski definition) is 0. The Morgan fingerprint density at radius 2 is 2.05 bits per heavy atom. The molecule has 0 atom stereocenters. The second-order valence-electron chi connectivity index (χ2n) is 5.11. The van der Waals surface area contributed by atoms with Crippen LogP contribution in [0.5, 0.6) is 0 Å². The van der Waals surface area contributed by atoms with E-state index < -0.39 is 17.5 Å². The number of ketones is 1. The molecule has 0 saturated heterocycles. The molecule has 0 spiro atoms. The molecule has 3 nitrogen and oxygen atoms in total. The van der Waals surface area contributed by atoms with Crippen molar-refractivity contribution in [2.45, 2.75) is 12.8 Å². The first-order valence-corrected chi connectivity index (χ1v) is 7.39. The Bertz CT molecular complexity index is 601. The lowest BCUT2D eigenvalue weighted by atomic mass is 10.1. The smallest absolute Gasteiger partial charge is 0.299 e. The Morgan fingerprint density at radius 3 is 2.63 bits per heavy atom. The number of alkyl halides is 1. The van der Waals surface area contributed by atoms with Gasteiger partial charge < -0.3 is 4.90 Å². The van der Waals surface area contributed by atoms with Crippen LogP contribution in [0.25, 0.3) is 0 Å². The summed E-state index contributed by atoms with van der Waals surface area (Å²) in [6.07, 6.45) is 1.93. The average molecular weight is 347 g/mol. The molecule has 0 aromatic heterocycles. The maximum Gasteiger partial charge on any atom is 0.299 e. The fraction of sp³-hybridized carbons (Fsp3) is 0.385. The fourth-order valence-corrected chi connectivity index (χ4v) is 3.33. The third-order valence-electron chi connectivity index (χ3n) is 3.75. The zero-order chi connectivity index (χ0) is 13.8. The third kappa shape index (κ3) is 1.91. The Labute approximate surface area is 122 Å². The van der Waals surface area contributed by atoms with Crippen LogP contribution >= 0.6 is 27.5 Å². The number of anilines is 1. The molecule has 0 bridgehead atoms. The first kappa shape index (κ1) is 13.1. The van der Waals surface area contributed by atoms with Crippen LogP contribution in [0.15, 0.2) is 12.1 Å². The zero-order valence-electron chi connectivity index (χ0n) is 9.88. The van der Waals surface area contributed by atoms with E-state index in [4.69, 9.17) is 11.6 Å². The number of hydrogen-bond acceptors (Lipinski definition) is 2. The molecular weight excluding hydrogens is 337 g/mol. The topological polar surface area (TPSA) is 37.4 Å². The molecule has 1 aromatic carbocycles. The van der Waals surface area contributed by atoms with Crippen LogP contribution in [-0.4, -0.2) is 23.6 Å². The standard InChI is InChI=1S/C13H10BrClFNO2/c14-5-13(3-4-13)6-17-10-8(16)2-1-7(15)9(10)11(18)12(17)19/h1-2H,3-6H2. The van der Waals surface area contributed by atoms with Gasteiger partial charge in [0.25, 0.3) is 11.7 Å². The van der Waals surface area contributed by atoms with E-state index in [0.29, 0.717) is 6.54 Å². The van der Waals surface area contributed by atoms with E-state index in [0.717, 1.165) is 18.2 Å². The number of benzene rings is 1. The summed E-state index contributed by atoms with van der Waals surface area (Å²) < 4.78 is 14.0. The minimum Gasteiger partial charge on any atom is -0.301 e. The highest BCUT2D eigenvalue weighted by Gasteiger charge is 2.48. The van der Waals surface area contributed by atoms with Crippen molar-refractivity contribution in [2.24, 2.45) is 5.41 Å². The molecule has 0 unspecified atom stereocenters. The molecular formula is C13H10BrClFNO2. The summed E-state index contributed by atoms with van der Waals surface area (Å²) in [5.41, 5.74) is -0.00137. The molecule has 1 saturated carbocycles. The highest BCUT2D eigenvalue weighted by atomic mass is 79.9. The summed E-state index contributed by atoms with van der Waals surface area (Å²) in [7, 11) is 0. The molecule has 1 aromatic rings. The second-order valence-corrected chi connectivity index (χ2v) is 6.07. The van der Waals surface area contributed by atoms with E-state index in [-0.39, 0.29) is 21.7 Å². The number of fused-ring (bicyclic) bond motifs is 1. The quantitative estimate of drug-likeness (QED) is 0.623. The Balaban J connectivity index is 2.07. The number of carbonyl (C=O) groups excluding carboxylic acids is 2. The van der Waals surface area contributed by atoms with Crippen LogP contribution in [0.1, 0.15) is 23.2 Å². The summed E-state index contributed by atoms with van der Waals surface area (Å²) in [5.74, 6) is -1.98. The lowest BCUT2D eigenvalue weighted by Crippen LogP contribution is -2.36. The fourth-order valence-electron chi connectivity index (χ4n) is 2.35. The van der Waals surface area contributed by atoms with Gasteiger partial charge in [-0.2, -0.15) is 0 Å². The highest BCUT2D eigenvalue weighted by molar-refractivity contribution is 9.09. The van der Waals surface area contributed by atoms with Crippen molar-refractivity contribution < 1.29 is 14.0 Å². The molecule has 1 heterocycles. The number of amides is 1. The van der Waals surface area contributed by atoms with Gasteiger partial charge in [-0.25, -0.2) is 4.39 Å². The summed E-state index contributed by atoms with van der Waals surface area (Å²) >= 11 is 9.32. The molecule has 1 fully saturated rings. The van der Waals surface area contributed by atoms with Crippen molar-refractivity contribution in [1.29, 1.82) is 0 Å². The maximum atomic E-state index is 14.0. The third-order valence-corrected chi connectivity index (χ3v) is 5.25. The SMILES string of the molecule is O=C1C(=O)N(CC2(CBr)CC2)c2c(F)ccc(Cl)c21. The lowest BCUT2D eigenvalue weighted by Gasteiger charge is -2.22. The Kier molecular flexibility index (Phi) is 2.94. The lowest BCUT2D eigenvalue weighted by molar-refractivity contribution is -0.114. The molecule has 1 aliphatic heterocycles. The van der Waals surface area contributed by atoms with Crippen molar-refractivity contribution in [3.05, 3.63) is 28.5 Å². The van der Waals surface area contributed by atoms with Crippen molar-refractivity contribution >= 4 is 44.9 Å². The minimum atomic E-state index is -0.718. The van der Waals surface area contributed by atoms with Crippen LogP contribution in [-0.2, 0) is 4.79 Å². The van der Waals surface area contributed by atoms with Gasteiger partial charge in [0.15, 0.2) is 0 Å². The van der Waals surface area contributed by atoms with Gasteiger partial charge in [-0.1, -0.05) is 27.5 Å². The van der Waals surface area contributed by atoms with Crippen LogP contribution in [0, 0.1) is 11.2 Å². The largest absolute Gasteiger partial charge is 0.301 e. The summed E-state index contributed by atoms with van der Waals surface area (Å²) in [6.45, 7) is 0.354. The summed E-state index contributed by atoms with van der Waals surface area (Å²) in [6, 6.07) is 2.50. The van der Waals surface area contributed by atoms with Gasteiger partial charge in [0.1, 0.15) is 5.82 Å². The molecule has 2 aliphatic rings. The van der Waals surface area contributed by atoms with E-state index in [1.165, 1.54) is 17.0 Å². The van der Waals surface area contributed by atoms with Gasteiger partial charge in [0, 0.05) is 11.9 Å². The van der Waals surface area contributed by atoms with Gasteiger partial charge in [0.05, 0.1) is 16.3 Å². The van der Waals surface area contributed by atoms with E-state index >= 15 is 0 Å². The van der Waals surface area contributed by atoms with E-state index in [1.54, 1.807) is 0 Å². The molecule has 6 heteroatoms. The number of rotatable bonds is 3. The molecule has 1 aliphatic carbocycles. The van der Waals surface area contributed by atoms with Gasteiger partial charge in [-0.3, -0.25) is 9.59 Å². The van der Waals surface area contributed by atoms with Crippen LogP contribution < -0.4 is 4.90 Å². The van der Waals surface area contributed by atoms with Gasteiger partial charge >= 0.3 is 0 Å². The van der Waals surface area contributed by atoms with Crippen molar-refractivity contribution in [2.75, 3.05) is 16.8 Å². The Morgan fingerprint density at radius 1 is 1.37 bits per heavy atom. The summed E-state index contributed by atoms with van der Waals surface area (Å²) in [5, 5.41) is 0.858. The molecule has 1 amide bonds. The van der Waals surface area contributed by atoms with Gasteiger partial charge in [-0.05, 0) is 30.4 Å². The summed E-state index contributed by atoms with van der Waals surface area (Å²) in [4.78, 5) is 25.2. The number of nitrogens with zero attached hydrogens (tertiary/aromatic N) is 1. The predicted molar refractivity (Wildman–Crippen MR) is 73.6 cm³/mol. The molecule has 3 rings (SSSR count). The van der Waals surface area contributed by atoms with Crippen molar-refractivity contribution in [3.8, 4) is 0 Å². The van der Waals surface area contributed by atoms with Crippen LogP contribution in [0.3, 0.4) is 0 Å². The van der Waals surface area contributed by atoms with Crippen molar-refractivity contribution in [1.82, 2.24) is 0 Å². The van der Waals surface area contributed by atoms with Gasteiger partial charge in [0.2, 0.25) is 0 Å². The number of Topliss-reactive ketones (excluding diaryl/α,β-unsaturated/α-hetero) is 1. The second kappa shape index (κ2) is 4.28. The van der Waals surface area contributed by atoms with E-state index in [9.17, 15) is 14.0 Å². The average Bonchev–Trinajstić information content (AvgIpc) is 3.12. The van der Waals surface area contributed by atoms with Gasteiger partial charge in [-0.15, -0.1) is 0 Å². The highest BCUT2D eigenvalue weighted by Crippen LogP contribution is 2.49. The first-order chi connectivity index (χ1) is 8.99.